The Morgan fingerprint density at radius 3 is 2.50 bits per heavy atom. The van der Waals surface area contributed by atoms with Crippen LogP contribution in [0.4, 0.5) is 0 Å². The molecule has 46 valence electrons. The first-order chi connectivity index (χ1) is 3.71. The van der Waals surface area contributed by atoms with Crippen molar-refractivity contribution in [2.45, 2.75) is 0 Å². The SMILES string of the molecule is O=S1(=O)C=CNCC1. The fourth-order valence-electron chi connectivity index (χ4n) is 0.504. The van der Waals surface area contributed by atoms with Gasteiger partial charge in [0.2, 0.25) is 0 Å². The molecule has 4 heteroatoms. The van der Waals surface area contributed by atoms with E-state index in [1.165, 1.54) is 11.6 Å². The van der Waals surface area contributed by atoms with Crippen LogP contribution in [0, 0.1) is 0 Å². The lowest BCUT2D eigenvalue weighted by Crippen LogP contribution is -2.22. The third-order valence-corrected chi connectivity index (χ3v) is 2.25. The fourth-order valence-corrected chi connectivity index (χ4v) is 1.35. The van der Waals surface area contributed by atoms with Crippen LogP contribution in [0.2, 0.25) is 0 Å². The van der Waals surface area contributed by atoms with Crippen molar-refractivity contribution in [3.05, 3.63) is 11.6 Å². The summed E-state index contributed by atoms with van der Waals surface area (Å²) in [5.41, 5.74) is 0. The number of hydrogen-bond donors (Lipinski definition) is 1. The zero-order chi connectivity index (χ0) is 6.04. The average Bonchev–Trinajstić information content (AvgIpc) is 1.65. The van der Waals surface area contributed by atoms with Crippen molar-refractivity contribution in [3.8, 4) is 0 Å². The van der Waals surface area contributed by atoms with Gasteiger partial charge in [-0.3, -0.25) is 0 Å². The standard InChI is InChI=1S/C4H7NO2S/c6-8(7)3-1-5-2-4-8/h1,3,5H,2,4H2. The Labute approximate surface area is 48.3 Å². The minimum Gasteiger partial charge on any atom is -0.389 e. The molecule has 0 saturated carbocycles. The number of rotatable bonds is 0. The first kappa shape index (κ1) is 5.62. The first-order valence-electron chi connectivity index (χ1n) is 2.33. The molecule has 0 saturated heterocycles. The van der Waals surface area contributed by atoms with Crippen molar-refractivity contribution < 1.29 is 8.42 Å². The molecule has 1 aliphatic rings. The van der Waals surface area contributed by atoms with Crippen molar-refractivity contribution in [1.82, 2.24) is 5.32 Å². The number of sulfone groups is 1. The van der Waals surface area contributed by atoms with Gasteiger partial charge in [0.15, 0.2) is 9.84 Å². The quantitative estimate of drug-likeness (QED) is 0.483. The predicted octanol–water partition coefficient (Wildman–Crippen LogP) is -0.524. The lowest BCUT2D eigenvalue weighted by atomic mass is 10.7. The van der Waals surface area contributed by atoms with E-state index in [0.29, 0.717) is 6.54 Å². The minimum atomic E-state index is -2.83. The van der Waals surface area contributed by atoms with Crippen molar-refractivity contribution in [1.29, 1.82) is 0 Å². The summed E-state index contributed by atoms with van der Waals surface area (Å²) in [7, 11) is -2.83. The van der Waals surface area contributed by atoms with Gasteiger partial charge >= 0.3 is 0 Å². The number of nitrogens with one attached hydrogen (secondary N) is 1. The summed E-state index contributed by atoms with van der Waals surface area (Å²) >= 11 is 0. The highest BCUT2D eigenvalue weighted by atomic mass is 32.2. The van der Waals surface area contributed by atoms with Crippen LogP contribution in [0.15, 0.2) is 11.6 Å². The molecule has 0 aromatic rings. The molecule has 3 nitrogen and oxygen atoms in total. The molecule has 1 heterocycles. The van der Waals surface area contributed by atoms with E-state index in [4.69, 9.17) is 0 Å². The van der Waals surface area contributed by atoms with Crippen LogP contribution >= 0.6 is 0 Å². The van der Waals surface area contributed by atoms with Crippen LogP contribution in [-0.4, -0.2) is 20.7 Å². The molecule has 1 N–H and O–H groups in total. The molecule has 1 rings (SSSR count). The van der Waals surface area contributed by atoms with E-state index in [9.17, 15) is 8.42 Å². The first-order valence-corrected chi connectivity index (χ1v) is 4.05. The second kappa shape index (κ2) is 1.78. The third kappa shape index (κ3) is 1.23. The normalized spacial score (nSPS) is 24.5. The summed E-state index contributed by atoms with van der Waals surface area (Å²) in [4.78, 5) is 0. The Hall–Kier alpha value is -0.510. The Bertz CT molecular complexity index is 192. The maximum absolute atomic E-state index is 10.5. The molecule has 0 aromatic carbocycles. The van der Waals surface area contributed by atoms with Gasteiger partial charge in [0, 0.05) is 18.2 Å². The largest absolute Gasteiger partial charge is 0.389 e. The Morgan fingerprint density at radius 1 is 1.50 bits per heavy atom. The molecule has 0 unspecified atom stereocenters. The van der Waals surface area contributed by atoms with E-state index in [-0.39, 0.29) is 5.75 Å². The maximum Gasteiger partial charge on any atom is 0.174 e. The average molecular weight is 133 g/mol. The highest BCUT2D eigenvalue weighted by Crippen LogP contribution is 1.93. The van der Waals surface area contributed by atoms with Gasteiger partial charge in [-0.25, -0.2) is 8.42 Å². The van der Waals surface area contributed by atoms with Crippen molar-refractivity contribution in [2.24, 2.45) is 0 Å². The summed E-state index contributed by atoms with van der Waals surface area (Å²) in [6.45, 7) is 0.541. The van der Waals surface area contributed by atoms with Crippen molar-refractivity contribution >= 4 is 9.84 Å². The monoisotopic (exact) mass is 133 g/mol. The molecule has 0 fully saturated rings. The smallest absolute Gasteiger partial charge is 0.174 e. The van der Waals surface area contributed by atoms with E-state index in [1.807, 2.05) is 0 Å². The molecule has 0 radical (unpaired) electrons. The van der Waals surface area contributed by atoms with Crippen LogP contribution in [0.3, 0.4) is 0 Å². The molecular weight excluding hydrogens is 126 g/mol. The molecule has 0 aliphatic carbocycles. The van der Waals surface area contributed by atoms with E-state index in [0.717, 1.165) is 0 Å². The van der Waals surface area contributed by atoms with Gasteiger partial charge in [0.1, 0.15) is 0 Å². The van der Waals surface area contributed by atoms with Gasteiger partial charge < -0.3 is 5.32 Å². The Balaban J connectivity index is 2.87. The second-order valence-electron chi connectivity index (χ2n) is 1.62. The highest BCUT2D eigenvalue weighted by Gasteiger charge is 2.07. The lowest BCUT2D eigenvalue weighted by Gasteiger charge is -2.04. The topological polar surface area (TPSA) is 46.2 Å². The van der Waals surface area contributed by atoms with E-state index >= 15 is 0 Å². The van der Waals surface area contributed by atoms with Gasteiger partial charge in [-0.1, -0.05) is 0 Å². The van der Waals surface area contributed by atoms with Crippen LogP contribution < -0.4 is 5.32 Å². The third-order valence-electron chi connectivity index (χ3n) is 0.924. The Kier molecular flexibility index (Phi) is 1.25. The number of hydrogen-bond acceptors (Lipinski definition) is 3. The lowest BCUT2D eigenvalue weighted by molar-refractivity contribution is 0.600. The molecular formula is C4H7NO2S. The Morgan fingerprint density at radius 2 is 2.25 bits per heavy atom. The van der Waals surface area contributed by atoms with Gasteiger partial charge in [-0.15, -0.1) is 0 Å². The molecule has 8 heavy (non-hydrogen) atoms. The fraction of sp³-hybridized carbons (Fsp3) is 0.500. The van der Waals surface area contributed by atoms with Crippen molar-refractivity contribution in [3.63, 3.8) is 0 Å². The summed E-state index contributed by atoms with van der Waals surface area (Å²) in [5.74, 6) is 0.226. The van der Waals surface area contributed by atoms with E-state index in [2.05, 4.69) is 5.32 Å². The van der Waals surface area contributed by atoms with E-state index in [1.54, 1.807) is 0 Å². The van der Waals surface area contributed by atoms with Gasteiger partial charge in [0.25, 0.3) is 0 Å². The van der Waals surface area contributed by atoms with Crippen molar-refractivity contribution in [2.75, 3.05) is 12.3 Å². The molecule has 0 amide bonds. The second-order valence-corrected chi connectivity index (χ2v) is 3.63. The molecule has 0 atom stereocenters. The predicted molar refractivity (Wildman–Crippen MR) is 30.9 cm³/mol. The van der Waals surface area contributed by atoms with Crippen LogP contribution in [0.1, 0.15) is 0 Å². The summed E-state index contributed by atoms with van der Waals surface area (Å²) in [5, 5.41) is 3.97. The van der Waals surface area contributed by atoms with Gasteiger partial charge in [-0.2, -0.15) is 0 Å². The molecule has 0 bridgehead atoms. The van der Waals surface area contributed by atoms with E-state index < -0.39 is 9.84 Å². The van der Waals surface area contributed by atoms with Crippen LogP contribution in [0.25, 0.3) is 0 Å². The highest BCUT2D eigenvalue weighted by molar-refractivity contribution is 7.94. The summed E-state index contributed by atoms with van der Waals surface area (Å²) in [6.07, 6.45) is 1.46. The maximum atomic E-state index is 10.5. The summed E-state index contributed by atoms with van der Waals surface area (Å²) < 4.78 is 21.0. The zero-order valence-corrected chi connectivity index (χ0v) is 5.11. The van der Waals surface area contributed by atoms with Gasteiger partial charge in [-0.05, 0) is 0 Å². The minimum absolute atomic E-state index is 0.226. The summed E-state index contributed by atoms with van der Waals surface area (Å²) in [6, 6.07) is 0. The molecule has 0 spiro atoms. The zero-order valence-electron chi connectivity index (χ0n) is 4.29. The van der Waals surface area contributed by atoms with Crippen LogP contribution in [0.5, 0.6) is 0 Å². The molecule has 1 aliphatic heterocycles. The van der Waals surface area contributed by atoms with Crippen LogP contribution in [-0.2, 0) is 9.84 Å². The van der Waals surface area contributed by atoms with Gasteiger partial charge in [0.05, 0.1) is 5.75 Å². The molecule has 0 aromatic heterocycles.